The third kappa shape index (κ3) is 2.88. The first-order chi connectivity index (χ1) is 12.2. The number of hydrogen-bond acceptors (Lipinski definition) is 4. The van der Waals surface area contributed by atoms with Gasteiger partial charge >= 0.3 is 0 Å². The maximum Gasteiger partial charge on any atom is 0.259 e. The zero-order chi connectivity index (χ0) is 17.4. The van der Waals surface area contributed by atoms with E-state index < -0.39 is 0 Å². The molecule has 0 bridgehead atoms. The van der Waals surface area contributed by atoms with E-state index in [9.17, 15) is 4.79 Å². The normalized spacial score (nSPS) is 16.3. The summed E-state index contributed by atoms with van der Waals surface area (Å²) in [4.78, 5) is 20.1. The molecule has 1 atom stereocenters. The molecule has 0 radical (unpaired) electrons. The average Bonchev–Trinajstić information content (AvgIpc) is 3.19. The van der Waals surface area contributed by atoms with Crippen molar-refractivity contribution in [2.24, 2.45) is 0 Å². The Balaban J connectivity index is 1.67. The molecule has 1 aliphatic carbocycles. The number of aromatic nitrogens is 2. The molecule has 25 heavy (non-hydrogen) atoms. The molecule has 4 rings (SSSR count). The zero-order valence-electron chi connectivity index (χ0n) is 14.1. The van der Waals surface area contributed by atoms with Gasteiger partial charge in [-0.1, -0.05) is 30.2 Å². The van der Waals surface area contributed by atoms with Crippen molar-refractivity contribution in [1.82, 2.24) is 14.3 Å². The third-order valence-electron chi connectivity index (χ3n) is 4.83. The molecule has 2 heterocycles. The van der Waals surface area contributed by atoms with E-state index >= 15 is 0 Å². The Morgan fingerprint density at radius 3 is 3.12 bits per heavy atom. The predicted molar refractivity (Wildman–Crippen MR) is 101 cm³/mol. The Morgan fingerprint density at radius 1 is 1.44 bits per heavy atom. The molecule has 0 aliphatic heterocycles. The summed E-state index contributed by atoms with van der Waals surface area (Å²) in [6, 6.07) is 10.5. The Hall–Kier alpha value is -2.42. The van der Waals surface area contributed by atoms with Gasteiger partial charge in [0, 0.05) is 29.7 Å². The monoisotopic (exact) mass is 349 g/mol. The maximum absolute atomic E-state index is 12.4. The topological polar surface area (TPSA) is 37.6 Å². The lowest BCUT2D eigenvalue weighted by molar-refractivity contribution is 0.211. The summed E-state index contributed by atoms with van der Waals surface area (Å²) < 4.78 is 1.66. The fourth-order valence-corrected chi connectivity index (χ4v) is 4.59. The van der Waals surface area contributed by atoms with Gasteiger partial charge in [-0.25, -0.2) is 4.98 Å². The van der Waals surface area contributed by atoms with E-state index in [0.717, 1.165) is 29.2 Å². The van der Waals surface area contributed by atoms with Crippen LogP contribution in [-0.2, 0) is 13.0 Å². The number of fused-ring (bicyclic) bond motifs is 2. The van der Waals surface area contributed by atoms with E-state index in [2.05, 4.69) is 40.1 Å². The van der Waals surface area contributed by atoms with E-state index in [1.165, 1.54) is 22.5 Å². The van der Waals surface area contributed by atoms with E-state index in [-0.39, 0.29) is 11.6 Å². The fourth-order valence-electron chi connectivity index (χ4n) is 3.70. The molecule has 3 aromatic rings. The van der Waals surface area contributed by atoms with Crippen molar-refractivity contribution in [3.05, 3.63) is 68.6 Å². The Kier molecular flexibility index (Phi) is 4.16. The van der Waals surface area contributed by atoms with Crippen LogP contribution in [0.4, 0.5) is 0 Å². The van der Waals surface area contributed by atoms with Crippen LogP contribution in [0.3, 0.4) is 0 Å². The van der Waals surface area contributed by atoms with Crippen LogP contribution in [0.5, 0.6) is 0 Å². The maximum atomic E-state index is 12.4. The van der Waals surface area contributed by atoms with Gasteiger partial charge in [0.05, 0.1) is 12.2 Å². The molecule has 126 valence electrons. The van der Waals surface area contributed by atoms with Crippen LogP contribution in [0.1, 0.15) is 35.0 Å². The standard InChI is InChI=1S/C20H19N3OS/c1-3-10-22(18-9-8-15-6-4-5-7-17(15)18)12-16-11-19(24)23-14(2)13-25-20(23)21-16/h1,4-7,11,13,18H,8-10,12H2,2H3/t18-/m0/s1. The summed E-state index contributed by atoms with van der Waals surface area (Å²) in [6.07, 6.45) is 7.75. The predicted octanol–water partition coefficient (Wildman–Crippen LogP) is 3.19. The molecule has 0 spiro atoms. The van der Waals surface area contributed by atoms with E-state index in [0.29, 0.717) is 13.1 Å². The second kappa shape index (κ2) is 6.47. The Labute approximate surface area is 150 Å². The Bertz CT molecular complexity index is 1030. The largest absolute Gasteiger partial charge is 0.279 e. The highest BCUT2D eigenvalue weighted by molar-refractivity contribution is 7.15. The fraction of sp³-hybridized carbons (Fsp3) is 0.300. The van der Waals surface area contributed by atoms with E-state index in [4.69, 9.17) is 6.42 Å². The third-order valence-corrected chi connectivity index (χ3v) is 5.77. The highest BCUT2D eigenvalue weighted by Crippen LogP contribution is 2.36. The molecule has 0 N–H and O–H groups in total. The SMILES string of the molecule is C#CCN(Cc1cc(=O)n2c(C)csc2n1)[C@H]1CCc2ccccc21. The number of benzene rings is 1. The number of terminal acetylenes is 1. The lowest BCUT2D eigenvalue weighted by Crippen LogP contribution is -2.29. The highest BCUT2D eigenvalue weighted by Gasteiger charge is 2.27. The van der Waals surface area contributed by atoms with E-state index in [1.807, 2.05) is 12.3 Å². The minimum Gasteiger partial charge on any atom is -0.279 e. The smallest absolute Gasteiger partial charge is 0.259 e. The minimum atomic E-state index is -0.0220. The van der Waals surface area contributed by atoms with Gasteiger partial charge in [0.1, 0.15) is 0 Å². The summed E-state index contributed by atoms with van der Waals surface area (Å²) in [5, 5.41) is 1.96. The quantitative estimate of drug-likeness (QED) is 0.679. The van der Waals surface area contributed by atoms with Crippen LogP contribution < -0.4 is 5.56 Å². The van der Waals surface area contributed by atoms with Crippen molar-refractivity contribution in [2.75, 3.05) is 6.54 Å². The molecular weight excluding hydrogens is 330 g/mol. The minimum absolute atomic E-state index is 0.0220. The molecule has 0 saturated heterocycles. The molecular formula is C20H19N3OS. The lowest BCUT2D eigenvalue weighted by Gasteiger charge is -2.27. The first-order valence-electron chi connectivity index (χ1n) is 8.39. The molecule has 0 saturated carbocycles. The molecule has 4 nitrogen and oxygen atoms in total. The molecule has 5 heteroatoms. The zero-order valence-corrected chi connectivity index (χ0v) is 14.9. The molecule has 0 unspecified atom stereocenters. The molecule has 1 aliphatic rings. The number of aryl methyl sites for hydroxylation is 2. The van der Waals surface area contributed by atoms with Gasteiger partial charge < -0.3 is 0 Å². The van der Waals surface area contributed by atoms with Gasteiger partial charge in [0.15, 0.2) is 4.96 Å². The Morgan fingerprint density at radius 2 is 2.28 bits per heavy atom. The van der Waals surface area contributed by atoms with Crippen LogP contribution >= 0.6 is 11.3 Å². The van der Waals surface area contributed by atoms with Crippen LogP contribution in [-0.4, -0.2) is 20.8 Å². The average molecular weight is 349 g/mol. The van der Waals surface area contributed by atoms with Crippen molar-refractivity contribution in [3.63, 3.8) is 0 Å². The van der Waals surface area contributed by atoms with Gasteiger partial charge in [-0.3, -0.25) is 14.1 Å². The van der Waals surface area contributed by atoms with Crippen molar-refractivity contribution in [2.45, 2.75) is 32.4 Å². The van der Waals surface area contributed by atoms with Gasteiger partial charge in [-0.15, -0.1) is 17.8 Å². The van der Waals surface area contributed by atoms with Crippen molar-refractivity contribution < 1.29 is 0 Å². The van der Waals surface area contributed by atoms with Crippen LogP contribution in [0.25, 0.3) is 4.96 Å². The second-order valence-corrected chi connectivity index (χ2v) is 7.28. The summed E-state index contributed by atoms with van der Waals surface area (Å²) in [6.45, 7) is 3.06. The lowest BCUT2D eigenvalue weighted by atomic mass is 10.1. The molecule has 0 amide bonds. The number of rotatable bonds is 4. The first kappa shape index (κ1) is 16.1. The summed E-state index contributed by atoms with van der Waals surface area (Å²) in [5.41, 5.74) is 4.43. The second-order valence-electron chi connectivity index (χ2n) is 6.44. The molecule has 2 aromatic heterocycles. The van der Waals surface area contributed by atoms with Gasteiger partial charge in [0.2, 0.25) is 0 Å². The van der Waals surface area contributed by atoms with Crippen LogP contribution in [0, 0.1) is 19.3 Å². The van der Waals surface area contributed by atoms with Crippen LogP contribution in [0.15, 0.2) is 40.5 Å². The van der Waals surface area contributed by atoms with Crippen molar-refractivity contribution in [1.29, 1.82) is 0 Å². The van der Waals surface area contributed by atoms with Gasteiger partial charge in [-0.05, 0) is 30.9 Å². The number of hydrogen-bond donors (Lipinski definition) is 0. The van der Waals surface area contributed by atoms with E-state index in [1.54, 1.807) is 10.5 Å². The number of nitrogens with zero attached hydrogens (tertiary/aromatic N) is 3. The summed E-state index contributed by atoms with van der Waals surface area (Å²) in [5.74, 6) is 2.77. The van der Waals surface area contributed by atoms with Gasteiger partial charge in [-0.2, -0.15) is 0 Å². The molecule has 0 fully saturated rings. The summed E-state index contributed by atoms with van der Waals surface area (Å²) in [7, 11) is 0. The number of thiazole rings is 1. The first-order valence-corrected chi connectivity index (χ1v) is 9.27. The summed E-state index contributed by atoms with van der Waals surface area (Å²) >= 11 is 1.50. The van der Waals surface area contributed by atoms with Crippen molar-refractivity contribution >= 4 is 16.3 Å². The van der Waals surface area contributed by atoms with Gasteiger partial charge in [0.25, 0.3) is 5.56 Å². The van der Waals surface area contributed by atoms with Crippen molar-refractivity contribution in [3.8, 4) is 12.3 Å². The highest BCUT2D eigenvalue weighted by atomic mass is 32.1. The van der Waals surface area contributed by atoms with Crippen LogP contribution in [0.2, 0.25) is 0 Å². The molecule has 1 aromatic carbocycles.